The molecule has 1 aromatic carbocycles. The van der Waals surface area contributed by atoms with Crippen molar-refractivity contribution in [1.82, 2.24) is 4.98 Å². The lowest BCUT2D eigenvalue weighted by molar-refractivity contribution is 0.447. The number of nitrogens with two attached hydrogens (primary N) is 1. The molecule has 0 spiro atoms. The zero-order chi connectivity index (χ0) is 13.1. The van der Waals surface area contributed by atoms with E-state index in [2.05, 4.69) is 20.9 Å². The maximum atomic E-state index is 13.4. The Bertz CT molecular complexity index is 560. The molecule has 0 amide bonds. The monoisotopic (exact) mass is 310 g/mol. The second-order valence-electron chi connectivity index (χ2n) is 3.86. The number of hydrogen-bond acceptors (Lipinski definition) is 3. The summed E-state index contributed by atoms with van der Waals surface area (Å²) in [7, 11) is 0. The van der Waals surface area contributed by atoms with Crippen molar-refractivity contribution >= 4 is 15.9 Å². The van der Waals surface area contributed by atoms with Crippen molar-refractivity contribution < 1.29 is 9.13 Å². The number of aromatic nitrogens is 1. The molecule has 94 valence electrons. The number of hydrogen-bond donors (Lipinski definition) is 1. The van der Waals surface area contributed by atoms with Gasteiger partial charge in [-0.2, -0.15) is 0 Å². The normalized spacial score (nSPS) is 12.2. The zero-order valence-electron chi connectivity index (χ0n) is 9.73. The molecule has 2 rings (SSSR count). The van der Waals surface area contributed by atoms with Gasteiger partial charge in [0.1, 0.15) is 11.6 Å². The van der Waals surface area contributed by atoms with Gasteiger partial charge in [0.25, 0.3) is 0 Å². The largest absolute Gasteiger partial charge is 0.439 e. The molecule has 0 aliphatic heterocycles. The number of rotatable bonds is 3. The van der Waals surface area contributed by atoms with Gasteiger partial charge in [0.15, 0.2) is 0 Å². The highest BCUT2D eigenvalue weighted by molar-refractivity contribution is 9.10. The molecule has 0 bridgehead atoms. The van der Waals surface area contributed by atoms with Gasteiger partial charge in [0, 0.05) is 23.9 Å². The maximum absolute atomic E-state index is 13.4. The highest BCUT2D eigenvalue weighted by Gasteiger charge is 2.10. The minimum atomic E-state index is -0.384. The third-order valence-corrected chi connectivity index (χ3v) is 3.04. The predicted molar refractivity (Wildman–Crippen MR) is 71.0 cm³/mol. The minimum absolute atomic E-state index is 0.200. The first-order valence-corrected chi connectivity index (χ1v) is 6.20. The van der Waals surface area contributed by atoms with Crippen LogP contribution in [-0.2, 0) is 0 Å². The van der Waals surface area contributed by atoms with Crippen LogP contribution in [-0.4, -0.2) is 4.98 Å². The molecule has 5 heteroatoms. The Morgan fingerprint density at radius 3 is 2.83 bits per heavy atom. The Morgan fingerprint density at radius 1 is 1.39 bits per heavy atom. The van der Waals surface area contributed by atoms with Crippen LogP contribution in [0.4, 0.5) is 4.39 Å². The average molecular weight is 311 g/mol. The molecule has 18 heavy (non-hydrogen) atoms. The molecular weight excluding hydrogens is 299 g/mol. The zero-order valence-corrected chi connectivity index (χ0v) is 11.3. The standard InChI is InChI=1S/C13H12BrFN2O/c1-8(16)10-3-2-6-17-13(10)18-9-4-5-11(14)12(15)7-9/h2-8H,16H2,1H3. The number of nitrogens with zero attached hydrogens (tertiary/aromatic N) is 1. The summed E-state index contributed by atoms with van der Waals surface area (Å²) in [5, 5.41) is 0. The van der Waals surface area contributed by atoms with Gasteiger partial charge in [-0.15, -0.1) is 0 Å². The van der Waals surface area contributed by atoms with Crippen LogP contribution in [0.2, 0.25) is 0 Å². The van der Waals surface area contributed by atoms with Crippen LogP contribution in [0.15, 0.2) is 41.0 Å². The Balaban J connectivity index is 2.31. The third-order valence-electron chi connectivity index (χ3n) is 2.40. The summed E-state index contributed by atoms with van der Waals surface area (Å²) in [6, 6.07) is 7.96. The summed E-state index contributed by atoms with van der Waals surface area (Å²) in [5.41, 5.74) is 6.60. The maximum Gasteiger partial charge on any atom is 0.223 e. The fourth-order valence-electron chi connectivity index (χ4n) is 1.49. The first kappa shape index (κ1) is 13.0. The fraction of sp³-hybridized carbons (Fsp3) is 0.154. The molecule has 0 saturated carbocycles. The van der Waals surface area contributed by atoms with E-state index in [1.54, 1.807) is 24.4 Å². The summed E-state index contributed by atoms with van der Waals surface area (Å²) in [4.78, 5) is 4.11. The van der Waals surface area contributed by atoms with Crippen LogP contribution in [0.3, 0.4) is 0 Å². The van der Waals surface area contributed by atoms with Crippen molar-refractivity contribution in [2.75, 3.05) is 0 Å². The molecule has 0 fully saturated rings. The van der Waals surface area contributed by atoms with E-state index in [-0.39, 0.29) is 11.9 Å². The van der Waals surface area contributed by atoms with Crippen LogP contribution in [0.5, 0.6) is 11.6 Å². The molecule has 0 aliphatic carbocycles. The fourth-order valence-corrected chi connectivity index (χ4v) is 1.73. The minimum Gasteiger partial charge on any atom is -0.439 e. The van der Waals surface area contributed by atoms with Gasteiger partial charge >= 0.3 is 0 Å². The van der Waals surface area contributed by atoms with Crippen molar-refractivity contribution in [3.05, 3.63) is 52.4 Å². The SMILES string of the molecule is CC(N)c1cccnc1Oc1ccc(Br)c(F)c1. The Kier molecular flexibility index (Phi) is 3.93. The quantitative estimate of drug-likeness (QED) is 0.938. The van der Waals surface area contributed by atoms with Crippen molar-refractivity contribution in [2.45, 2.75) is 13.0 Å². The molecule has 0 radical (unpaired) electrons. The third kappa shape index (κ3) is 2.86. The van der Waals surface area contributed by atoms with Crippen LogP contribution in [0, 0.1) is 5.82 Å². The van der Waals surface area contributed by atoms with Crippen molar-refractivity contribution in [2.24, 2.45) is 5.73 Å². The molecule has 0 saturated heterocycles. The number of pyridine rings is 1. The molecule has 3 nitrogen and oxygen atoms in total. The molecule has 2 N–H and O–H groups in total. The summed E-state index contributed by atoms with van der Waals surface area (Å²) < 4.78 is 19.3. The molecular formula is C13H12BrFN2O. The Hall–Kier alpha value is -1.46. The van der Waals surface area contributed by atoms with Gasteiger partial charge in [-0.25, -0.2) is 9.37 Å². The van der Waals surface area contributed by atoms with Crippen LogP contribution in [0.1, 0.15) is 18.5 Å². The molecule has 2 aromatic rings. The molecule has 0 aliphatic rings. The average Bonchev–Trinajstić information content (AvgIpc) is 2.34. The summed E-state index contributed by atoms with van der Waals surface area (Å²) in [6.07, 6.45) is 1.61. The van der Waals surface area contributed by atoms with E-state index in [0.29, 0.717) is 16.1 Å². The highest BCUT2D eigenvalue weighted by Crippen LogP contribution is 2.28. The second-order valence-corrected chi connectivity index (χ2v) is 4.72. The van der Waals surface area contributed by atoms with E-state index in [1.807, 2.05) is 13.0 Å². The predicted octanol–water partition coefficient (Wildman–Crippen LogP) is 3.80. The van der Waals surface area contributed by atoms with Gasteiger partial charge in [0.2, 0.25) is 5.88 Å². The number of halogens is 2. The van der Waals surface area contributed by atoms with Gasteiger partial charge in [-0.1, -0.05) is 6.07 Å². The second kappa shape index (κ2) is 5.46. The first-order chi connectivity index (χ1) is 8.58. The molecule has 1 unspecified atom stereocenters. The molecule has 1 atom stereocenters. The van der Waals surface area contributed by atoms with E-state index in [0.717, 1.165) is 5.56 Å². The lowest BCUT2D eigenvalue weighted by Gasteiger charge is -2.12. The topological polar surface area (TPSA) is 48.1 Å². The van der Waals surface area contributed by atoms with E-state index in [1.165, 1.54) is 6.07 Å². The smallest absolute Gasteiger partial charge is 0.223 e. The van der Waals surface area contributed by atoms with Gasteiger partial charge in [-0.05, 0) is 41.1 Å². The Morgan fingerprint density at radius 2 is 2.17 bits per heavy atom. The van der Waals surface area contributed by atoms with Crippen LogP contribution >= 0.6 is 15.9 Å². The van der Waals surface area contributed by atoms with Crippen molar-refractivity contribution in [3.8, 4) is 11.6 Å². The summed E-state index contributed by atoms with van der Waals surface area (Å²) >= 11 is 3.09. The number of ether oxygens (including phenoxy) is 1. The summed E-state index contributed by atoms with van der Waals surface area (Å²) in [5.74, 6) is 0.399. The lowest BCUT2D eigenvalue weighted by atomic mass is 10.1. The van der Waals surface area contributed by atoms with E-state index >= 15 is 0 Å². The molecule has 1 heterocycles. The first-order valence-electron chi connectivity index (χ1n) is 5.41. The van der Waals surface area contributed by atoms with E-state index in [9.17, 15) is 4.39 Å². The van der Waals surface area contributed by atoms with Crippen LogP contribution in [0.25, 0.3) is 0 Å². The van der Waals surface area contributed by atoms with Crippen molar-refractivity contribution in [3.63, 3.8) is 0 Å². The Labute approximate surface area is 113 Å². The van der Waals surface area contributed by atoms with Gasteiger partial charge in [0.05, 0.1) is 4.47 Å². The van der Waals surface area contributed by atoms with Crippen molar-refractivity contribution in [1.29, 1.82) is 0 Å². The van der Waals surface area contributed by atoms with Gasteiger partial charge < -0.3 is 10.5 Å². The summed E-state index contributed by atoms with van der Waals surface area (Å²) in [6.45, 7) is 1.84. The highest BCUT2D eigenvalue weighted by atomic mass is 79.9. The number of benzene rings is 1. The molecule has 1 aromatic heterocycles. The van der Waals surface area contributed by atoms with Gasteiger partial charge in [-0.3, -0.25) is 0 Å². The van der Waals surface area contributed by atoms with E-state index in [4.69, 9.17) is 10.5 Å². The van der Waals surface area contributed by atoms with Crippen LogP contribution < -0.4 is 10.5 Å². The lowest BCUT2D eigenvalue weighted by Crippen LogP contribution is -2.07. The van der Waals surface area contributed by atoms with E-state index < -0.39 is 0 Å².